The van der Waals surface area contributed by atoms with E-state index in [0.29, 0.717) is 42.8 Å². The Morgan fingerprint density at radius 3 is 2.60 bits per heavy atom. The average molecular weight is 568 g/mol. The van der Waals surface area contributed by atoms with Crippen molar-refractivity contribution < 1.29 is 19.4 Å². The lowest BCUT2D eigenvalue weighted by molar-refractivity contribution is -0.112. The van der Waals surface area contributed by atoms with Gasteiger partial charge in [-0.25, -0.2) is 9.97 Å². The molecule has 4 heterocycles. The van der Waals surface area contributed by atoms with Crippen molar-refractivity contribution in [1.29, 1.82) is 0 Å². The highest BCUT2D eigenvalue weighted by molar-refractivity contribution is 6.47. The largest absolute Gasteiger partial charge is 0.489 e. The second-order valence-electron chi connectivity index (χ2n) is 10.5. The number of nitrogens with one attached hydrogen (secondary N) is 2. The molecule has 1 amide bonds. The van der Waals surface area contributed by atoms with E-state index in [9.17, 15) is 9.59 Å². The quantitative estimate of drug-likeness (QED) is 0.218. The van der Waals surface area contributed by atoms with Crippen LogP contribution in [0.15, 0.2) is 67.0 Å². The van der Waals surface area contributed by atoms with Gasteiger partial charge >= 0.3 is 0 Å². The van der Waals surface area contributed by atoms with E-state index in [1.807, 2.05) is 49.4 Å². The van der Waals surface area contributed by atoms with Gasteiger partial charge in [-0.1, -0.05) is 30.3 Å². The smallest absolute Gasteiger partial charge is 0.298 e. The number of aliphatic hydroxyl groups is 1. The van der Waals surface area contributed by atoms with Crippen LogP contribution in [0.4, 0.5) is 23.0 Å². The maximum Gasteiger partial charge on any atom is 0.298 e. The van der Waals surface area contributed by atoms with E-state index in [-0.39, 0.29) is 12.6 Å². The van der Waals surface area contributed by atoms with Crippen molar-refractivity contribution in [3.8, 4) is 16.9 Å². The molecule has 4 aromatic rings. The summed E-state index contributed by atoms with van der Waals surface area (Å²) in [7, 11) is 1.79. The van der Waals surface area contributed by atoms with Crippen molar-refractivity contribution in [1.82, 2.24) is 14.5 Å². The van der Waals surface area contributed by atoms with Crippen molar-refractivity contribution in [2.75, 3.05) is 59.8 Å². The lowest BCUT2D eigenvalue weighted by atomic mass is 10.0. The number of carbonyl (C=O) groups is 2. The number of hydrogen-bond donors (Lipinski definition) is 3. The Bertz CT molecular complexity index is 1600. The van der Waals surface area contributed by atoms with Crippen LogP contribution in [0.1, 0.15) is 16.2 Å². The number of carbonyl (C=O) groups excluding carboxylic acids is 2. The van der Waals surface area contributed by atoms with E-state index in [4.69, 9.17) is 9.84 Å². The summed E-state index contributed by atoms with van der Waals surface area (Å²) >= 11 is 0. The average Bonchev–Trinajstić information content (AvgIpc) is 3.33. The lowest BCUT2D eigenvalue weighted by Gasteiger charge is -2.45. The maximum atomic E-state index is 13.4. The first kappa shape index (κ1) is 27.3. The zero-order valence-corrected chi connectivity index (χ0v) is 23.6. The Morgan fingerprint density at radius 2 is 1.83 bits per heavy atom. The number of rotatable bonds is 8. The minimum atomic E-state index is -0.701. The Labute approximate surface area is 243 Å². The van der Waals surface area contributed by atoms with Gasteiger partial charge < -0.3 is 34.8 Å². The zero-order valence-electron chi connectivity index (χ0n) is 23.6. The number of aryl methyl sites for hydroxylation is 1. The van der Waals surface area contributed by atoms with Crippen LogP contribution in [-0.4, -0.2) is 76.8 Å². The summed E-state index contributed by atoms with van der Waals surface area (Å²) in [5.74, 6) is 0.0219. The van der Waals surface area contributed by atoms with Gasteiger partial charge in [0.1, 0.15) is 18.1 Å². The molecule has 2 aliphatic rings. The Morgan fingerprint density at radius 1 is 1.05 bits per heavy atom. The molecule has 2 aromatic carbocycles. The number of amides is 1. The third-order valence-corrected chi connectivity index (χ3v) is 7.78. The molecule has 0 unspecified atom stereocenters. The van der Waals surface area contributed by atoms with Gasteiger partial charge in [-0.05, 0) is 30.7 Å². The van der Waals surface area contributed by atoms with E-state index in [0.717, 1.165) is 41.3 Å². The van der Waals surface area contributed by atoms with Crippen LogP contribution < -0.4 is 25.2 Å². The van der Waals surface area contributed by atoms with Gasteiger partial charge in [0.2, 0.25) is 5.95 Å². The molecule has 11 nitrogen and oxygen atoms in total. The highest BCUT2D eigenvalue weighted by atomic mass is 16.5. The van der Waals surface area contributed by atoms with E-state index < -0.39 is 11.7 Å². The number of anilines is 4. The molecule has 0 radical (unpaired) electrons. The topological polar surface area (TPSA) is 125 Å². The number of ketones is 1. The van der Waals surface area contributed by atoms with Gasteiger partial charge in [-0.2, -0.15) is 0 Å². The number of Topliss-reactive ketones (excluding diaryl/α,β-unsaturated/α-hetero) is 1. The fraction of sp³-hybridized carbons (Fsp3) is 0.290. The zero-order chi connectivity index (χ0) is 29.2. The van der Waals surface area contributed by atoms with Gasteiger partial charge in [0.15, 0.2) is 0 Å². The second-order valence-corrected chi connectivity index (χ2v) is 10.5. The SMILES string of the molecule is Cc1cc(-c2ccccc2)c(C(=O)C(=O)Nc2ccc3c(c2)OC[C@H]2CN(c4ncc(NCCO)cn4)CCN32)n1C. The molecule has 1 fully saturated rings. The van der Waals surface area contributed by atoms with Crippen molar-refractivity contribution in [2.24, 2.45) is 7.05 Å². The van der Waals surface area contributed by atoms with E-state index >= 15 is 0 Å². The Balaban J connectivity index is 1.13. The van der Waals surface area contributed by atoms with Crippen LogP contribution in [0.5, 0.6) is 5.75 Å². The standard InChI is InChI=1S/C31H33N7O4/c1-20-14-25(21-6-4-3-5-7-21)28(36(20)2)29(40)30(41)35-22-8-9-26-27(15-22)42-19-24-18-37(11-12-38(24)26)31-33-16-23(17-34-31)32-10-13-39/h3-9,14-17,24,32,39H,10-13,18-19H2,1-2H3,(H,35,41)/t24-/m1/s1. The van der Waals surface area contributed by atoms with Crippen LogP contribution in [0, 0.1) is 6.92 Å². The fourth-order valence-electron chi connectivity index (χ4n) is 5.54. The third kappa shape index (κ3) is 5.26. The number of nitrogens with zero attached hydrogens (tertiary/aromatic N) is 5. The molecule has 0 bridgehead atoms. The van der Waals surface area contributed by atoms with E-state index in [2.05, 4.69) is 30.4 Å². The number of hydrogen-bond acceptors (Lipinski definition) is 9. The van der Waals surface area contributed by atoms with Crippen LogP contribution in [-0.2, 0) is 11.8 Å². The summed E-state index contributed by atoms with van der Waals surface area (Å²) in [6.45, 7) is 5.08. The molecule has 0 spiro atoms. The summed E-state index contributed by atoms with van der Waals surface area (Å²) < 4.78 is 7.88. The van der Waals surface area contributed by atoms with Gasteiger partial charge in [0, 0.05) is 56.2 Å². The summed E-state index contributed by atoms with van der Waals surface area (Å²) in [6, 6.07) is 17.1. The minimum absolute atomic E-state index is 0.0434. The summed E-state index contributed by atoms with van der Waals surface area (Å²) in [5, 5.41) is 14.8. The molecule has 2 aromatic heterocycles. The number of benzene rings is 2. The first-order valence-corrected chi connectivity index (χ1v) is 14.0. The highest BCUT2D eigenvalue weighted by Gasteiger charge is 2.34. The van der Waals surface area contributed by atoms with Crippen LogP contribution >= 0.6 is 0 Å². The van der Waals surface area contributed by atoms with Crippen molar-refractivity contribution >= 4 is 34.7 Å². The van der Waals surface area contributed by atoms with Crippen LogP contribution in [0.3, 0.4) is 0 Å². The third-order valence-electron chi connectivity index (χ3n) is 7.78. The molecule has 2 aliphatic heterocycles. The maximum absolute atomic E-state index is 13.4. The van der Waals surface area contributed by atoms with Gasteiger partial charge in [-0.3, -0.25) is 9.59 Å². The summed E-state index contributed by atoms with van der Waals surface area (Å²) in [4.78, 5) is 39.9. The predicted molar refractivity (Wildman–Crippen MR) is 161 cm³/mol. The first-order valence-electron chi connectivity index (χ1n) is 14.0. The molecule has 42 heavy (non-hydrogen) atoms. The second kappa shape index (κ2) is 11.5. The molecule has 0 saturated carbocycles. The predicted octanol–water partition coefficient (Wildman–Crippen LogP) is 3.10. The Hall–Kier alpha value is -4.90. The van der Waals surface area contributed by atoms with Crippen molar-refractivity contribution in [2.45, 2.75) is 13.0 Å². The van der Waals surface area contributed by atoms with Crippen LogP contribution in [0.25, 0.3) is 11.1 Å². The Kier molecular flexibility index (Phi) is 7.49. The monoisotopic (exact) mass is 567 g/mol. The number of ether oxygens (including phenoxy) is 1. The summed E-state index contributed by atoms with van der Waals surface area (Å²) in [5.41, 5.74) is 5.07. The first-order chi connectivity index (χ1) is 20.4. The number of piperazine rings is 1. The van der Waals surface area contributed by atoms with Gasteiger partial charge in [-0.15, -0.1) is 0 Å². The molecule has 0 aliphatic carbocycles. The van der Waals surface area contributed by atoms with Crippen molar-refractivity contribution in [3.63, 3.8) is 0 Å². The lowest BCUT2D eigenvalue weighted by Crippen LogP contribution is -2.57. The van der Waals surface area contributed by atoms with E-state index in [1.165, 1.54) is 0 Å². The van der Waals surface area contributed by atoms with Crippen molar-refractivity contribution in [3.05, 3.63) is 78.4 Å². The van der Waals surface area contributed by atoms with Crippen LogP contribution in [0.2, 0.25) is 0 Å². The van der Waals surface area contributed by atoms with Gasteiger partial charge in [0.25, 0.3) is 11.7 Å². The minimum Gasteiger partial charge on any atom is -0.489 e. The highest BCUT2D eigenvalue weighted by Crippen LogP contribution is 2.38. The molecular formula is C31H33N7O4. The number of aromatic nitrogens is 3. The molecule has 3 N–H and O–H groups in total. The number of fused-ring (bicyclic) bond motifs is 3. The number of aliphatic hydroxyl groups excluding tert-OH is 1. The molecule has 216 valence electrons. The molecule has 1 saturated heterocycles. The molecule has 11 heteroatoms. The molecule has 6 rings (SSSR count). The normalized spacial score (nSPS) is 15.8. The van der Waals surface area contributed by atoms with Gasteiger partial charge in [0.05, 0.1) is 36.4 Å². The molecule has 1 atom stereocenters. The fourth-order valence-corrected chi connectivity index (χ4v) is 5.54. The summed E-state index contributed by atoms with van der Waals surface area (Å²) in [6.07, 6.45) is 3.44. The van der Waals surface area contributed by atoms with E-state index in [1.54, 1.807) is 36.1 Å². The molecular weight excluding hydrogens is 534 g/mol.